The summed E-state index contributed by atoms with van der Waals surface area (Å²) >= 11 is 0. The van der Waals surface area contributed by atoms with E-state index in [1.165, 1.54) is 17.7 Å². The summed E-state index contributed by atoms with van der Waals surface area (Å²) in [5.41, 5.74) is 2.35. The third-order valence-corrected chi connectivity index (χ3v) is 5.97. The van der Waals surface area contributed by atoms with Crippen LogP contribution in [-0.2, 0) is 11.3 Å². The van der Waals surface area contributed by atoms with Crippen LogP contribution in [0.1, 0.15) is 68.8 Å². The summed E-state index contributed by atoms with van der Waals surface area (Å²) < 4.78 is 0. The van der Waals surface area contributed by atoms with Crippen molar-refractivity contribution in [1.82, 2.24) is 9.80 Å². The van der Waals surface area contributed by atoms with Gasteiger partial charge in [-0.05, 0) is 57.0 Å². The lowest BCUT2D eigenvalue weighted by Crippen LogP contribution is -2.37. The number of aliphatic hydroxyl groups excluding tert-OH is 2. The Morgan fingerprint density at radius 2 is 1.74 bits per heavy atom. The molecule has 0 spiro atoms. The van der Waals surface area contributed by atoms with Gasteiger partial charge in [0.05, 0.1) is 12.7 Å². The Balaban J connectivity index is 2.42. The molecule has 7 nitrogen and oxygen atoms in total. The Hall–Kier alpha value is -1.96. The molecule has 0 aliphatic carbocycles. The first-order chi connectivity index (χ1) is 14.7. The third-order valence-electron chi connectivity index (χ3n) is 5.97. The van der Waals surface area contributed by atoms with Crippen molar-refractivity contribution in [1.29, 1.82) is 0 Å². The predicted octanol–water partition coefficient (Wildman–Crippen LogP) is 2.64. The summed E-state index contributed by atoms with van der Waals surface area (Å²) in [6.07, 6.45) is 4.62. The van der Waals surface area contributed by atoms with Crippen LogP contribution < -0.4 is 4.90 Å². The molecule has 31 heavy (non-hydrogen) atoms. The van der Waals surface area contributed by atoms with Crippen molar-refractivity contribution >= 4 is 17.5 Å². The molecule has 1 atom stereocenters. The second-order valence-electron chi connectivity index (χ2n) is 8.87. The van der Waals surface area contributed by atoms with Gasteiger partial charge in [-0.1, -0.05) is 19.3 Å². The molecular formula is C24H39N3O4. The number of carbonyl (C=O) groups is 2. The number of nitrogens with zero attached hydrogens (tertiary/aromatic N) is 3. The van der Waals surface area contributed by atoms with Crippen molar-refractivity contribution in [3.05, 3.63) is 29.3 Å². The van der Waals surface area contributed by atoms with E-state index in [0.717, 1.165) is 37.1 Å². The fourth-order valence-corrected chi connectivity index (χ4v) is 4.09. The van der Waals surface area contributed by atoms with Gasteiger partial charge in [-0.15, -0.1) is 0 Å². The fraction of sp³-hybridized carbons (Fsp3) is 0.667. The van der Waals surface area contributed by atoms with E-state index in [-0.39, 0.29) is 18.4 Å². The van der Waals surface area contributed by atoms with Gasteiger partial charge in [-0.2, -0.15) is 0 Å². The highest BCUT2D eigenvalue weighted by molar-refractivity contribution is 5.97. The maximum atomic E-state index is 12.9. The SMILES string of the molecule is CC(=O)N1CCCCCCCN(C(C)C)Cc2cc(C(=O)N(C)CC(O)CO)ccc21. The first-order valence-electron chi connectivity index (χ1n) is 11.4. The Kier molecular flexibility index (Phi) is 9.93. The van der Waals surface area contributed by atoms with Crippen LogP contribution in [0.15, 0.2) is 18.2 Å². The van der Waals surface area contributed by atoms with E-state index in [4.69, 9.17) is 5.11 Å². The smallest absolute Gasteiger partial charge is 0.253 e. The molecule has 0 saturated heterocycles. The van der Waals surface area contributed by atoms with Crippen molar-refractivity contribution in [2.45, 2.75) is 71.6 Å². The van der Waals surface area contributed by atoms with Gasteiger partial charge < -0.3 is 20.0 Å². The first-order valence-corrected chi connectivity index (χ1v) is 11.4. The molecule has 0 fully saturated rings. The Morgan fingerprint density at radius 1 is 1.10 bits per heavy atom. The summed E-state index contributed by atoms with van der Waals surface area (Å²) in [5.74, 6) is -0.205. The van der Waals surface area contributed by atoms with Crippen LogP contribution in [0.3, 0.4) is 0 Å². The van der Waals surface area contributed by atoms with Crippen LogP contribution in [-0.4, -0.2) is 77.3 Å². The number of carbonyl (C=O) groups excluding carboxylic acids is 2. The van der Waals surface area contributed by atoms with Crippen LogP contribution in [0, 0.1) is 0 Å². The number of hydrogen-bond acceptors (Lipinski definition) is 5. The molecule has 1 heterocycles. The highest BCUT2D eigenvalue weighted by Crippen LogP contribution is 2.27. The van der Waals surface area contributed by atoms with Gasteiger partial charge in [0.2, 0.25) is 5.91 Å². The first kappa shape index (κ1) is 25.3. The number of anilines is 1. The number of amides is 2. The monoisotopic (exact) mass is 433 g/mol. The number of aliphatic hydroxyl groups is 2. The van der Waals surface area contributed by atoms with Gasteiger partial charge in [0.1, 0.15) is 0 Å². The molecule has 2 N–H and O–H groups in total. The minimum absolute atomic E-state index is 0.0108. The average Bonchev–Trinajstić information content (AvgIpc) is 2.72. The molecule has 2 amide bonds. The van der Waals surface area contributed by atoms with Gasteiger partial charge in [-0.25, -0.2) is 0 Å². The molecule has 1 aromatic carbocycles. The van der Waals surface area contributed by atoms with E-state index in [1.54, 1.807) is 20.0 Å². The highest BCUT2D eigenvalue weighted by atomic mass is 16.3. The zero-order valence-electron chi connectivity index (χ0n) is 19.5. The van der Waals surface area contributed by atoms with Crippen molar-refractivity contribution < 1.29 is 19.8 Å². The molecular weight excluding hydrogens is 394 g/mol. The maximum Gasteiger partial charge on any atom is 0.253 e. The second-order valence-corrected chi connectivity index (χ2v) is 8.87. The Labute approximate surface area is 186 Å². The largest absolute Gasteiger partial charge is 0.394 e. The maximum absolute atomic E-state index is 12.9. The molecule has 1 aliphatic rings. The van der Waals surface area contributed by atoms with Crippen molar-refractivity contribution in [3.8, 4) is 0 Å². The number of fused-ring (bicyclic) bond motifs is 1. The van der Waals surface area contributed by atoms with Crippen LogP contribution in [0.5, 0.6) is 0 Å². The molecule has 1 aromatic rings. The molecule has 7 heteroatoms. The molecule has 1 unspecified atom stereocenters. The molecule has 0 radical (unpaired) electrons. The number of likely N-dealkylation sites (N-methyl/N-ethyl adjacent to an activating group) is 1. The molecule has 0 bridgehead atoms. The fourth-order valence-electron chi connectivity index (χ4n) is 4.09. The minimum atomic E-state index is -0.970. The molecule has 0 aromatic heterocycles. The van der Waals surface area contributed by atoms with Crippen molar-refractivity contribution in [2.24, 2.45) is 0 Å². The lowest BCUT2D eigenvalue weighted by molar-refractivity contribution is -0.116. The van der Waals surface area contributed by atoms with E-state index in [2.05, 4.69) is 18.7 Å². The zero-order chi connectivity index (χ0) is 23.0. The summed E-state index contributed by atoms with van der Waals surface area (Å²) in [4.78, 5) is 31.0. The summed E-state index contributed by atoms with van der Waals surface area (Å²) in [7, 11) is 1.61. The third kappa shape index (κ3) is 7.30. The Morgan fingerprint density at radius 3 is 2.35 bits per heavy atom. The van der Waals surface area contributed by atoms with Gasteiger partial charge in [-0.3, -0.25) is 14.5 Å². The molecule has 0 saturated carbocycles. The predicted molar refractivity (Wildman–Crippen MR) is 123 cm³/mol. The molecule has 2 rings (SSSR count). The van der Waals surface area contributed by atoms with E-state index < -0.39 is 12.7 Å². The summed E-state index contributed by atoms with van der Waals surface area (Å²) in [6, 6.07) is 5.87. The number of rotatable bonds is 5. The van der Waals surface area contributed by atoms with E-state index in [0.29, 0.717) is 24.7 Å². The van der Waals surface area contributed by atoms with Crippen LogP contribution in [0.25, 0.3) is 0 Å². The number of benzene rings is 1. The summed E-state index contributed by atoms with van der Waals surface area (Å²) in [6.45, 7) is 7.95. The standard InChI is InChI=1S/C24H39N3O4/c1-18(2)26-12-8-6-5-7-9-13-27(19(3)29)23-11-10-20(14-21(23)15-26)24(31)25(4)16-22(30)17-28/h10-11,14,18,22,28,30H,5-9,12-13,15-17H2,1-4H3. The van der Waals surface area contributed by atoms with E-state index in [9.17, 15) is 14.7 Å². The van der Waals surface area contributed by atoms with Gasteiger partial charge in [0.25, 0.3) is 5.91 Å². The molecule has 1 aliphatic heterocycles. The van der Waals surface area contributed by atoms with Crippen LogP contribution in [0.2, 0.25) is 0 Å². The highest BCUT2D eigenvalue weighted by Gasteiger charge is 2.22. The Bertz CT molecular complexity index is 738. The topological polar surface area (TPSA) is 84.3 Å². The van der Waals surface area contributed by atoms with Crippen molar-refractivity contribution in [3.63, 3.8) is 0 Å². The number of hydrogen-bond donors (Lipinski definition) is 2. The van der Waals surface area contributed by atoms with Crippen LogP contribution >= 0.6 is 0 Å². The molecule has 174 valence electrons. The van der Waals surface area contributed by atoms with Gasteiger partial charge in [0.15, 0.2) is 0 Å². The second kappa shape index (κ2) is 12.2. The average molecular weight is 434 g/mol. The summed E-state index contributed by atoms with van der Waals surface area (Å²) in [5, 5.41) is 18.8. The van der Waals surface area contributed by atoms with E-state index >= 15 is 0 Å². The van der Waals surface area contributed by atoms with Gasteiger partial charge >= 0.3 is 0 Å². The van der Waals surface area contributed by atoms with Gasteiger partial charge in [0, 0.05) is 50.9 Å². The van der Waals surface area contributed by atoms with Crippen molar-refractivity contribution in [2.75, 3.05) is 38.2 Å². The quantitative estimate of drug-likeness (QED) is 0.746. The minimum Gasteiger partial charge on any atom is -0.394 e. The van der Waals surface area contributed by atoms with Crippen LogP contribution in [0.4, 0.5) is 5.69 Å². The lowest BCUT2D eigenvalue weighted by Gasteiger charge is -2.31. The zero-order valence-corrected chi connectivity index (χ0v) is 19.5. The normalized spacial score (nSPS) is 17.5. The lowest BCUT2D eigenvalue weighted by atomic mass is 10.0. The van der Waals surface area contributed by atoms with E-state index in [1.807, 2.05) is 17.0 Å².